The van der Waals surface area contributed by atoms with Gasteiger partial charge in [0.2, 0.25) is 0 Å². The molecular weight excluding hydrogens is 307 g/mol. The number of anilines is 1. The quantitative estimate of drug-likeness (QED) is 0.676. The van der Waals surface area contributed by atoms with E-state index < -0.39 is 11.7 Å². The Morgan fingerprint density at radius 3 is 2.88 bits per heavy atom. The molecule has 2 heterocycles. The van der Waals surface area contributed by atoms with Crippen molar-refractivity contribution in [2.24, 2.45) is 11.5 Å². The Hall–Kier alpha value is -2.60. The van der Waals surface area contributed by atoms with E-state index in [1.807, 2.05) is 29.2 Å². The molecule has 1 atom stereocenters. The Morgan fingerprint density at radius 1 is 1.33 bits per heavy atom. The number of rotatable bonds is 2. The minimum atomic E-state index is -0.646. The second-order valence-electron chi connectivity index (χ2n) is 6.39. The van der Waals surface area contributed by atoms with E-state index >= 15 is 0 Å². The van der Waals surface area contributed by atoms with Gasteiger partial charge in [-0.3, -0.25) is 4.79 Å². The lowest BCUT2D eigenvalue weighted by atomic mass is 10.0. The summed E-state index contributed by atoms with van der Waals surface area (Å²) in [5.74, 6) is -1.08. The van der Waals surface area contributed by atoms with Gasteiger partial charge in [0.05, 0.1) is 16.8 Å². The van der Waals surface area contributed by atoms with Gasteiger partial charge in [0.25, 0.3) is 5.91 Å². The number of aromatic nitrogens is 1. The Labute approximate surface area is 138 Å². The van der Waals surface area contributed by atoms with Crippen LogP contribution in [0.25, 0.3) is 21.8 Å². The van der Waals surface area contributed by atoms with Crippen LogP contribution in [-0.2, 0) is 0 Å². The summed E-state index contributed by atoms with van der Waals surface area (Å²) < 4.78 is 15.0. The van der Waals surface area contributed by atoms with E-state index in [1.165, 1.54) is 6.07 Å². The van der Waals surface area contributed by atoms with E-state index in [9.17, 15) is 9.18 Å². The van der Waals surface area contributed by atoms with Crippen LogP contribution in [0.5, 0.6) is 0 Å². The second kappa shape index (κ2) is 5.49. The number of amides is 1. The summed E-state index contributed by atoms with van der Waals surface area (Å²) in [6.07, 6.45) is 1.86. The highest BCUT2D eigenvalue weighted by Gasteiger charge is 2.26. The number of fused-ring (bicyclic) bond motifs is 3. The van der Waals surface area contributed by atoms with Crippen LogP contribution in [0.3, 0.4) is 0 Å². The van der Waals surface area contributed by atoms with Crippen LogP contribution in [0, 0.1) is 5.82 Å². The first-order valence-corrected chi connectivity index (χ1v) is 8.09. The van der Waals surface area contributed by atoms with Crippen LogP contribution in [0.4, 0.5) is 10.1 Å². The molecule has 1 aromatic heterocycles. The molecule has 0 saturated carbocycles. The van der Waals surface area contributed by atoms with Gasteiger partial charge in [0.1, 0.15) is 5.82 Å². The maximum atomic E-state index is 15.0. The summed E-state index contributed by atoms with van der Waals surface area (Å²) >= 11 is 0. The number of nitrogens with two attached hydrogens (primary N) is 2. The standard InChI is InChI=1S/C18H19FN4O/c19-13-8-12(18(21)24)16-15(11-5-1-2-6-14(11)22-16)17(13)23-7-3-4-10(20)9-23/h1-2,5-6,8,10,22H,3-4,7,9,20H2,(H2,21,24)/t10-/m0/s1. The normalized spacial score (nSPS) is 18.4. The number of nitrogens with one attached hydrogen (secondary N) is 1. The van der Waals surface area contributed by atoms with E-state index in [2.05, 4.69) is 4.98 Å². The molecule has 0 spiro atoms. The molecule has 5 N–H and O–H groups in total. The molecule has 1 fully saturated rings. The number of H-pyrrole nitrogens is 1. The fraction of sp³-hybridized carbons (Fsp3) is 0.278. The van der Waals surface area contributed by atoms with Crippen LogP contribution in [0.2, 0.25) is 0 Å². The molecule has 0 radical (unpaired) electrons. The SMILES string of the molecule is NC(=O)c1cc(F)c(N2CCC[C@H](N)C2)c2c1[nH]c1ccccc12. The molecular formula is C18H19FN4O. The lowest BCUT2D eigenvalue weighted by Crippen LogP contribution is -2.43. The van der Waals surface area contributed by atoms with Crippen LogP contribution in [0.1, 0.15) is 23.2 Å². The number of halogens is 1. The predicted molar refractivity (Wildman–Crippen MR) is 93.7 cm³/mol. The topological polar surface area (TPSA) is 88.1 Å². The van der Waals surface area contributed by atoms with Crippen molar-refractivity contribution in [2.45, 2.75) is 18.9 Å². The summed E-state index contributed by atoms with van der Waals surface area (Å²) in [7, 11) is 0. The second-order valence-corrected chi connectivity index (χ2v) is 6.39. The molecule has 4 rings (SSSR count). The molecule has 1 saturated heterocycles. The monoisotopic (exact) mass is 326 g/mol. The fourth-order valence-corrected chi connectivity index (χ4v) is 3.69. The van der Waals surface area contributed by atoms with E-state index in [4.69, 9.17) is 11.5 Å². The molecule has 0 unspecified atom stereocenters. The van der Waals surface area contributed by atoms with E-state index in [0.717, 1.165) is 30.3 Å². The number of carbonyl (C=O) groups excluding carboxylic acids is 1. The van der Waals surface area contributed by atoms with Gasteiger partial charge in [-0.05, 0) is 25.0 Å². The zero-order chi connectivity index (χ0) is 16.8. The summed E-state index contributed by atoms with van der Waals surface area (Å²) in [4.78, 5) is 17.0. The van der Waals surface area contributed by atoms with Gasteiger partial charge < -0.3 is 21.4 Å². The number of nitrogens with zero attached hydrogens (tertiary/aromatic N) is 1. The predicted octanol–water partition coefficient (Wildman–Crippen LogP) is 2.49. The van der Waals surface area contributed by atoms with E-state index in [-0.39, 0.29) is 11.6 Å². The number of hydrogen-bond donors (Lipinski definition) is 3. The van der Waals surface area contributed by atoms with Crippen molar-refractivity contribution < 1.29 is 9.18 Å². The maximum absolute atomic E-state index is 15.0. The Kier molecular flexibility index (Phi) is 3.42. The number of hydrogen-bond acceptors (Lipinski definition) is 3. The zero-order valence-corrected chi connectivity index (χ0v) is 13.2. The Balaban J connectivity index is 2.07. The van der Waals surface area contributed by atoms with Gasteiger partial charge in [0, 0.05) is 35.4 Å². The minimum Gasteiger partial charge on any atom is -0.367 e. The van der Waals surface area contributed by atoms with Gasteiger partial charge >= 0.3 is 0 Å². The molecule has 0 bridgehead atoms. The van der Waals surface area contributed by atoms with Crippen LogP contribution in [-0.4, -0.2) is 30.0 Å². The van der Waals surface area contributed by atoms with Gasteiger partial charge in [-0.1, -0.05) is 18.2 Å². The molecule has 3 aromatic rings. The number of carbonyl (C=O) groups is 1. The first-order chi connectivity index (χ1) is 11.6. The maximum Gasteiger partial charge on any atom is 0.250 e. The Bertz CT molecular complexity index is 949. The third-order valence-electron chi connectivity index (χ3n) is 4.75. The highest BCUT2D eigenvalue weighted by molar-refractivity contribution is 6.19. The van der Waals surface area contributed by atoms with Crippen molar-refractivity contribution in [3.63, 3.8) is 0 Å². The van der Waals surface area contributed by atoms with Crippen molar-refractivity contribution in [3.8, 4) is 0 Å². The summed E-state index contributed by atoms with van der Waals surface area (Å²) in [5.41, 5.74) is 13.6. The smallest absolute Gasteiger partial charge is 0.250 e. The number of para-hydroxylation sites is 1. The van der Waals surface area contributed by atoms with Crippen molar-refractivity contribution >= 4 is 33.4 Å². The largest absolute Gasteiger partial charge is 0.367 e. The third kappa shape index (κ3) is 2.22. The average Bonchev–Trinajstić information content (AvgIpc) is 2.93. The molecule has 6 heteroatoms. The zero-order valence-electron chi connectivity index (χ0n) is 13.2. The lowest BCUT2D eigenvalue weighted by Gasteiger charge is -2.33. The summed E-state index contributed by atoms with van der Waals surface area (Å²) in [5, 5.41) is 1.58. The molecule has 1 aliphatic heterocycles. The van der Waals surface area contributed by atoms with E-state index in [0.29, 0.717) is 23.1 Å². The molecule has 1 aliphatic rings. The number of benzene rings is 2. The fourth-order valence-electron chi connectivity index (χ4n) is 3.69. The third-order valence-corrected chi connectivity index (χ3v) is 4.75. The molecule has 124 valence electrons. The van der Waals surface area contributed by atoms with Gasteiger partial charge in [0.15, 0.2) is 0 Å². The highest BCUT2D eigenvalue weighted by atomic mass is 19.1. The molecule has 1 amide bonds. The molecule has 24 heavy (non-hydrogen) atoms. The number of aromatic amines is 1. The van der Waals surface area contributed by atoms with Crippen molar-refractivity contribution in [3.05, 3.63) is 41.7 Å². The van der Waals surface area contributed by atoms with Gasteiger partial charge in [-0.2, -0.15) is 0 Å². The average molecular weight is 326 g/mol. The first-order valence-electron chi connectivity index (χ1n) is 8.09. The molecule has 5 nitrogen and oxygen atoms in total. The lowest BCUT2D eigenvalue weighted by molar-refractivity contribution is 0.100. The van der Waals surface area contributed by atoms with Crippen molar-refractivity contribution in [1.29, 1.82) is 0 Å². The summed E-state index contributed by atoms with van der Waals surface area (Å²) in [6, 6.07) is 8.88. The van der Waals surface area contributed by atoms with Crippen LogP contribution >= 0.6 is 0 Å². The molecule has 0 aliphatic carbocycles. The summed E-state index contributed by atoms with van der Waals surface area (Å²) in [6.45, 7) is 1.34. The minimum absolute atomic E-state index is 0.0224. The van der Waals surface area contributed by atoms with E-state index in [1.54, 1.807) is 0 Å². The Morgan fingerprint density at radius 2 is 2.12 bits per heavy atom. The van der Waals surface area contributed by atoms with Crippen LogP contribution < -0.4 is 16.4 Å². The van der Waals surface area contributed by atoms with Gasteiger partial charge in [-0.15, -0.1) is 0 Å². The van der Waals surface area contributed by atoms with Crippen LogP contribution in [0.15, 0.2) is 30.3 Å². The number of primary amides is 1. The van der Waals surface area contributed by atoms with Crippen molar-refractivity contribution in [2.75, 3.05) is 18.0 Å². The van der Waals surface area contributed by atoms with Crippen molar-refractivity contribution in [1.82, 2.24) is 4.98 Å². The first kappa shape index (κ1) is 15.0. The van der Waals surface area contributed by atoms with Gasteiger partial charge in [-0.25, -0.2) is 4.39 Å². The highest BCUT2D eigenvalue weighted by Crippen LogP contribution is 2.38. The molecule has 2 aromatic carbocycles. The number of piperidine rings is 1.